The summed E-state index contributed by atoms with van der Waals surface area (Å²) in [5.74, 6) is 0. The standard InChI is InChI=1S/C15H14BrClN2S/c16-12-4-2-8-18-15(12)20-14-10(3-1-5-13(14)17)9-19-11-6-7-11/h1-5,8,11,19H,6-7,9H2. The van der Waals surface area contributed by atoms with E-state index in [1.807, 2.05) is 24.3 Å². The molecule has 1 heterocycles. The van der Waals surface area contributed by atoms with Crippen LogP contribution in [0.3, 0.4) is 0 Å². The molecule has 104 valence electrons. The van der Waals surface area contributed by atoms with Crippen LogP contribution in [0.15, 0.2) is 50.9 Å². The molecule has 0 saturated heterocycles. The first-order valence-corrected chi connectivity index (χ1v) is 8.52. The molecule has 1 fully saturated rings. The van der Waals surface area contributed by atoms with Crippen molar-refractivity contribution in [2.75, 3.05) is 0 Å². The van der Waals surface area contributed by atoms with Gasteiger partial charge in [-0.1, -0.05) is 35.5 Å². The number of nitrogens with zero attached hydrogens (tertiary/aromatic N) is 1. The molecular weight excluding hydrogens is 356 g/mol. The van der Waals surface area contributed by atoms with E-state index in [-0.39, 0.29) is 0 Å². The molecule has 1 N–H and O–H groups in total. The molecule has 0 spiro atoms. The van der Waals surface area contributed by atoms with Gasteiger partial charge in [0.05, 0.1) is 9.50 Å². The lowest BCUT2D eigenvalue weighted by Gasteiger charge is -2.12. The molecule has 20 heavy (non-hydrogen) atoms. The van der Waals surface area contributed by atoms with Crippen LogP contribution in [-0.2, 0) is 6.54 Å². The van der Waals surface area contributed by atoms with E-state index in [9.17, 15) is 0 Å². The van der Waals surface area contributed by atoms with Crippen molar-refractivity contribution in [3.05, 3.63) is 51.6 Å². The second-order valence-corrected chi connectivity index (χ2v) is 7.04. The number of hydrogen-bond donors (Lipinski definition) is 1. The molecule has 0 atom stereocenters. The van der Waals surface area contributed by atoms with Gasteiger partial charge >= 0.3 is 0 Å². The Morgan fingerprint density at radius 1 is 1.30 bits per heavy atom. The summed E-state index contributed by atoms with van der Waals surface area (Å²) < 4.78 is 0.992. The zero-order valence-corrected chi connectivity index (χ0v) is 13.9. The Morgan fingerprint density at radius 3 is 2.90 bits per heavy atom. The average Bonchev–Trinajstić information content (AvgIpc) is 3.26. The van der Waals surface area contributed by atoms with Gasteiger partial charge < -0.3 is 5.32 Å². The molecule has 0 unspecified atom stereocenters. The Balaban J connectivity index is 1.85. The van der Waals surface area contributed by atoms with Crippen LogP contribution < -0.4 is 5.32 Å². The molecule has 3 rings (SSSR count). The van der Waals surface area contributed by atoms with E-state index in [1.165, 1.54) is 18.4 Å². The van der Waals surface area contributed by atoms with Gasteiger partial charge in [-0.3, -0.25) is 0 Å². The summed E-state index contributed by atoms with van der Waals surface area (Å²) in [5.41, 5.74) is 1.23. The number of pyridine rings is 1. The Morgan fingerprint density at radius 2 is 2.15 bits per heavy atom. The molecular formula is C15H14BrClN2S. The zero-order valence-electron chi connectivity index (χ0n) is 10.8. The lowest BCUT2D eigenvalue weighted by Crippen LogP contribution is -2.15. The van der Waals surface area contributed by atoms with E-state index in [1.54, 1.807) is 18.0 Å². The maximum Gasteiger partial charge on any atom is 0.115 e. The molecule has 0 bridgehead atoms. The largest absolute Gasteiger partial charge is 0.310 e. The van der Waals surface area contributed by atoms with Crippen molar-refractivity contribution in [1.29, 1.82) is 0 Å². The molecule has 1 aromatic carbocycles. The lowest BCUT2D eigenvalue weighted by atomic mass is 10.2. The summed E-state index contributed by atoms with van der Waals surface area (Å²) in [7, 11) is 0. The van der Waals surface area contributed by atoms with Crippen molar-refractivity contribution in [2.45, 2.75) is 35.3 Å². The fourth-order valence-electron chi connectivity index (χ4n) is 1.89. The van der Waals surface area contributed by atoms with E-state index in [2.05, 4.69) is 32.3 Å². The van der Waals surface area contributed by atoms with Crippen molar-refractivity contribution in [3.63, 3.8) is 0 Å². The van der Waals surface area contributed by atoms with Crippen LogP contribution in [-0.4, -0.2) is 11.0 Å². The van der Waals surface area contributed by atoms with Gasteiger partial charge in [0.15, 0.2) is 0 Å². The first kappa shape index (κ1) is 14.4. The Hall–Kier alpha value is -0.550. The van der Waals surface area contributed by atoms with Crippen LogP contribution in [0.5, 0.6) is 0 Å². The molecule has 1 aromatic heterocycles. The van der Waals surface area contributed by atoms with Gasteiger partial charge in [0.25, 0.3) is 0 Å². The predicted molar refractivity (Wildman–Crippen MR) is 87.4 cm³/mol. The second kappa shape index (κ2) is 6.48. The van der Waals surface area contributed by atoms with Gasteiger partial charge in [-0.15, -0.1) is 0 Å². The Kier molecular flexibility index (Phi) is 4.66. The van der Waals surface area contributed by atoms with E-state index >= 15 is 0 Å². The highest BCUT2D eigenvalue weighted by Gasteiger charge is 2.21. The van der Waals surface area contributed by atoms with E-state index in [0.717, 1.165) is 26.0 Å². The first-order valence-electron chi connectivity index (χ1n) is 6.53. The third-order valence-corrected chi connectivity index (χ3v) is 5.66. The quantitative estimate of drug-likeness (QED) is 0.811. The molecule has 2 aromatic rings. The first-order chi connectivity index (χ1) is 9.74. The highest BCUT2D eigenvalue weighted by Crippen LogP contribution is 2.38. The van der Waals surface area contributed by atoms with E-state index in [0.29, 0.717) is 6.04 Å². The van der Waals surface area contributed by atoms with Gasteiger partial charge in [-0.05, 0) is 52.5 Å². The third kappa shape index (κ3) is 3.55. The zero-order chi connectivity index (χ0) is 13.9. The fourth-order valence-corrected chi connectivity index (χ4v) is 3.61. The minimum atomic E-state index is 0.688. The molecule has 0 amide bonds. The molecule has 0 radical (unpaired) electrons. The lowest BCUT2D eigenvalue weighted by molar-refractivity contribution is 0.680. The normalized spacial score (nSPS) is 14.5. The van der Waals surface area contributed by atoms with Crippen molar-refractivity contribution in [3.8, 4) is 0 Å². The van der Waals surface area contributed by atoms with Gasteiger partial charge in [-0.25, -0.2) is 4.98 Å². The van der Waals surface area contributed by atoms with Gasteiger partial charge in [0.1, 0.15) is 5.03 Å². The SMILES string of the molecule is Clc1cccc(CNC2CC2)c1Sc1ncccc1Br. The Labute approximate surface area is 136 Å². The summed E-state index contributed by atoms with van der Waals surface area (Å²) >= 11 is 11.5. The Bertz CT molecular complexity index is 617. The predicted octanol–water partition coefficient (Wildman–Crippen LogP) is 4.90. The number of benzene rings is 1. The van der Waals surface area contributed by atoms with Crippen molar-refractivity contribution < 1.29 is 0 Å². The smallest absolute Gasteiger partial charge is 0.115 e. The summed E-state index contributed by atoms with van der Waals surface area (Å²) in [6.07, 6.45) is 4.37. The summed E-state index contributed by atoms with van der Waals surface area (Å²) in [4.78, 5) is 5.49. The van der Waals surface area contributed by atoms with Crippen LogP contribution >= 0.6 is 39.3 Å². The molecule has 5 heteroatoms. The monoisotopic (exact) mass is 368 g/mol. The minimum Gasteiger partial charge on any atom is -0.310 e. The maximum absolute atomic E-state index is 6.37. The number of aromatic nitrogens is 1. The minimum absolute atomic E-state index is 0.688. The molecule has 0 aliphatic heterocycles. The van der Waals surface area contributed by atoms with Crippen molar-refractivity contribution in [2.24, 2.45) is 0 Å². The summed E-state index contributed by atoms with van der Waals surface area (Å²) in [5, 5.41) is 5.26. The number of rotatable bonds is 5. The van der Waals surface area contributed by atoms with Crippen LogP contribution in [0.4, 0.5) is 0 Å². The molecule has 1 aliphatic rings. The van der Waals surface area contributed by atoms with Crippen LogP contribution in [0, 0.1) is 0 Å². The molecule has 2 nitrogen and oxygen atoms in total. The van der Waals surface area contributed by atoms with Gasteiger partial charge in [0.2, 0.25) is 0 Å². The van der Waals surface area contributed by atoms with Crippen LogP contribution in [0.25, 0.3) is 0 Å². The van der Waals surface area contributed by atoms with Gasteiger partial charge in [0, 0.05) is 23.7 Å². The second-order valence-electron chi connectivity index (χ2n) is 4.78. The van der Waals surface area contributed by atoms with E-state index in [4.69, 9.17) is 11.6 Å². The summed E-state index contributed by atoms with van der Waals surface area (Å²) in [6, 6.07) is 10.7. The topological polar surface area (TPSA) is 24.9 Å². The highest BCUT2D eigenvalue weighted by molar-refractivity contribution is 9.10. The molecule has 1 saturated carbocycles. The number of hydrogen-bond acceptors (Lipinski definition) is 3. The number of halogens is 2. The van der Waals surface area contributed by atoms with Crippen molar-refractivity contribution >= 4 is 39.3 Å². The maximum atomic E-state index is 6.37. The number of nitrogens with one attached hydrogen (secondary N) is 1. The average molecular weight is 370 g/mol. The highest BCUT2D eigenvalue weighted by atomic mass is 79.9. The third-order valence-electron chi connectivity index (χ3n) is 3.13. The van der Waals surface area contributed by atoms with Crippen LogP contribution in [0.2, 0.25) is 5.02 Å². The van der Waals surface area contributed by atoms with Gasteiger partial charge in [-0.2, -0.15) is 0 Å². The van der Waals surface area contributed by atoms with Crippen molar-refractivity contribution in [1.82, 2.24) is 10.3 Å². The summed E-state index contributed by atoms with van der Waals surface area (Å²) in [6.45, 7) is 0.859. The fraction of sp³-hybridized carbons (Fsp3) is 0.267. The van der Waals surface area contributed by atoms with Crippen LogP contribution in [0.1, 0.15) is 18.4 Å². The molecule has 1 aliphatic carbocycles. The van der Waals surface area contributed by atoms with E-state index < -0.39 is 0 Å².